The van der Waals surface area contributed by atoms with Crippen LogP contribution in [0.25, 0.3) is 22.5 Å². The molecule has 0 spiro atoms. The Kier molecular flexibility index (Phi) is 5.44. The first-order valence-corrected chi connectivity index (χ1v) is 8.98. The highest BCUT2D eigenvalue weighted by atomic mass is 35.5. The number of hydrogen-bond acceptors (Lipinski definition) is 3. The molecule has 0 saturated heterocycles. The van der Waals surface area contributed by atoms with Crippen LogP contribution in [0.1, 0.15) is 19.5 Å². The molecular weight excluding hydrogens is 372 g/mol. The fourth-order valence-electron chi connectivity index (χ4n) is 2.73. The summed E-state index contributed by atoms with van der Waals surface area (Å²) in [5, 5.41) is 3.76. The Morgan fingerprint density at radius 3 is 2.35 bits per heavy atom. The monoisotopic (exact) mass is 389 g/mol. The summed E-state index contributed by atoms with van der Waals surface area (Å²) in [7, 11) is 0. The van der Waals surface area contributed by atoms with Crippen LogP contribution in [0.3, 0.4) is 0 Å². The summed E-state index contributed by atoms with van der Waals surface area (Å²) in [5.41, 5.74) is 3.52. The van der Waals surface area contributed by atoms with Gasteiger partial charge in [0.15, 0.2) is 0 Å². The predicted molar refractivity (Wildman–Crippen MR) is 106 cm³/mol. The van der Waals surface area contributed by atoms with Crippen LogP contribution in [0.2, 0.25) is 10.2 Å². The van der Waals surface area contributed by atoms with Crippen molar-refractivity contribution in [3.05, 3.63) is 64.2 Å². The van der Waals surface area contributed by atoms with E-state index in [0.717, 1.165) is 5.69 Å². The number of rotatable bonds is 4. The molecule has 0 bridgehead atoms. The molecule has 0 radical (unpaired) electrons. The summed E-state index contributed by atoms with van der Waals surface area (Å²) < 4.78 is 14.5. The second kappa shape index (κ2) is 7.60. The first kappa shape index (κ1) is 18.6. The fourth-order valence-corrected chi connectivity index (χ4v) is 3.28. The highest BCUT2D eigenvalue weighted by Gasteiger charge is 2.20. The van der Waals surface area contributed by atoms with Crippen LogP contribution in [-0.4, -0.2) is 16.0 Å². The maximum absolute atomic E-state index is 14.5. The van der Waals surface area contributed by atoms with Crippen LogP contribution < -0.4 is 5.32 Å². The van der Waals surface area contributed by atoms with E-state index in [2.05, 4.69) is 15.3 Å². The lowest BCUT2D eigenvalue weighted by Gasteiger charge is -2.18. The van der Waals surface area contributed by atoms with Gasteiger partial charge in [-0.15, -0.1) is 0 Å². The normalized spacial score (nSPS) is 11.0. The molecule has 134 valence electrons. The topological polar surface area (TPSA) is 37.8 Å². The fraction of sp³-hybridized carbons (Fsp3) is 0.200. The van der Waals surface area contributed by atoms with E-state index in [0.29, 0.717) is 22.6 Å². The highest BCUT2D eigenvalue weighted by Crippen LogP contribution is 2.41. The molecule has 0 unspecified atom stereocenters. The molecule has 2 heterocycles. The lowest BCUT2D eigenvalue weighted by Crippen LogP contribution is -2.12. The quantitative estimate of drug-likeness (QED) is 0.525. The zero-order valence-corrected chi connectivity index (χ0v) is 16.2. The number of anilines is 1. The Bertz CT molecular complexity index is 938. The van der Waals surface area contributed by atoms with Crippen molar-refractivity contribution in [3.8, 4) is 22.5 Å². The van der Waals surface area contributed by atoms with E-state index in [1.807, 2.05) is 45.0 Å². The van der Waals surface area contributed by atoms with Gasteiger partial charge in [-0.1, -0.05) is 35.3 Å². The molecule has 0 atom stereocenters. The molecular formula is C20H18Cl2FN3. The van der Waals surface area contributed by atoms with Crippen molar-refractivity contribution in [2.75, 3.05) is 5.32 Å². The Labute approximate surface area is 162 Å². The van der Waals surface area contributed by atoms with Crippen molar-refractivity contribution in [2.24, 2.45) is 0 Å². The zero-order chi connectivity index (χ0) is 18.8. The van der Waals surface area contributed by atoms with Crippen LogP contribution in [-0.2, 0) is 0 Å². The number of pyridine rings is 2. The molecule has 0 amide bonds. The van der Waals surface area contributed by atoms with Crippen LogP contribution in [0, 0.1) is 12.7 Å². The van der Waals surface area contributed by atoms with Crippen LogP contribution in [0.4, 0.5) is 10.1 Å². The first-order valence-electron chi connectivity index (χ1n) is 8.22. The SMILES string of the molecule is Cc1cccc(-c2cc(NC(C)C)c(-c3c(F)cccc3Cl)c(Cl)n2)n1. The molecule has 3 nitrogen and oxygen atoms in total. The van der Waals surface area contributed by atoms with Crippen molar-refractivity contribution < 1.29 is 4.39 Å². The molecule has 0 saturated carbocycles. The molecule has 1 aromatic carbocycles. The third-order valence-electron chi connectivity index (χ3n) is 3.78. The largest absolute Gasteiger partial charge is 0.382 e. The summed E-state index contributed by atoms with van der Waals surface area (Å²) >= 11 is 12.7. The van der Waals surface area contributed by atoms with Gasteiger partial charge in [-0.2, -0.15) is 0 Å². The smallest absolute Gasteiger partial charge is 0.139 e. The molecule has 0 aliphatic heterocycles. The number of benzene rings is 1. The Morgan fingerprint density at radius 1 is 0.962 bits per heavy atom. The standard InChI is InChI=1S/C20H18Cl2FN3/c1-11(2)24-17-10-16(15-9-4-6-12(3)25-15)26-20(22)19(17)18-13(21)7-5-8-14(18)23/h4-11H,1-3H3,(H,24,26). The molecule has 1 N–H and O–H groups in total. The number of nitrogens with zero attached hydrogens (tertiary/aromatic N) is 2. The summed E-state index contributed by atoms with van der Waals surface area (Å²) in [6.07, 6.45) is 0. The van der Waals surface area contributed by atoms with Gasteiger partial charge in [0.25, 0.3) is 0 Å². The molecule has 26 heavy (non-hydrogen) atoms. The van der Waals surface area contributed by atoms with Crippen LogP contribution in [0.15, 0.2) is 42.5 Å². The van der Waals surface area contributed by atoms with Gasteiger partial charge in [-0.25, -0.2) is 9.37 Å². The minimum Gasteiger partial charge on any atom is -0.382 e. The van der Waals surface area contributed by atoms with E-state index in [1.54, 1.807) is 12.1 Å². The summed E-state index contributed by atoms with van der Waals surface area (Å²) in [5.74, 6) is -0.450. The van der Waals surface area contributed by atoms with E-state index < -0.39 is 5.82 Å². The van der Waals surface area contributed by atoms with Crippen LogP contribution >= 0.6 is 23.2 Å². The highest BCUT2D eigenvalue weighted by molar-refractivity contribution is 6.36. The van der Waals surface area contributed by atoms with Gasteiger partial charge in [-0.3, -0.25) is 4.98 Å². The summed E-state index contributed by atoms with van der Waals surface area (Å²) in [6, 6.07) is 12.2. The summed E-state index contributed by atoms with van der Waals surface area (Å²) in [4.78, 5) is 8.94. The van der Waals surface area contributed by atoms with Crippen LogP contribution in [0.5, 0.6) is 0 Å². The zero-order valence-electron chi connectivity index (χ0n) is 14.6. The minimum absolute atomic E-state index is 0.107. The van der Waals surface area contributed by atoms with Gasteiger partial charge in [0, 0.05) is 28.6 Å². The van der Waals surface area contributed by atoms with E-state index in [-0.39, 0.29) is 21.8 Å². The second-order valence-electron chi connectivity index (χ2n) is 6.28. The van der Waals surface area contributed by atoms with E-state index >= 15 is 0 Å². The van der Waals surface area contributed by atoms with E-state index in [4.69, 9.17) is 23.2 Å². The van der Waals surface area contributed by atoms with E-state index in [9.17, 15) is 4.39 Å². The Morgan fingerprint density at radius 2 is 1.69 bits per heavy atom. The number of halogens is 3. The first-order chi connectivity index (χ1) is 12.4. The maximum Gasteiger partial charge on any atom is 0.139 e. The van der Waals surface area contributed by atoms with Gasteiger partial charge in [-0.05, 0) is 51.1 Å². The third-order valence-corrected chi connectivity index (χ3v) is 4.37. The summed E-state index contributed by atoms with van der Waals surface area (Å²) in [6.45, 7) is 5.89. The maximum atomic E-state index is 14.5. The molecule has 0 aliphatic carbocycles. The molecule has 3 aromatic rings. The van der Waals surface area contributed by atoms with Gasteiger partial charge < -0.3 is 5.32 Å². The van der Waals surface area contributed by atoms with Gasteiger partial charge in [0.05, 0.1) is 16.4 Å². The predicted octanol–water partition coefficient (Wildman–Crippen LogP) is 6.39. The third kappa shape index (κ3) is 3.81. The van der Waals surface area contributed by atoms with Gasteiger partial charge >= 0.3 is 0 Å². The van der Waals surface area contributed by atoms with Gasteiger partial charge in [0.2, 0.25) is 0 Å². The number of aromatic nitrogens is 2. The van der Waals surface area contributed by atoms with Gasteiger partial charge in [0.1, 0.15) is 11.0 Å². The second-order valence-corrected chi connectivity index (χ2v) is 7.05. The molecule has 6 heteroatoms. The molecule has 3 rings (SSSR count). The Balaban J connectivity index is 2.25. The molecule has 2 aromatic heterocycles. The van der Waals surface area contributed by atoms with Crippen molar-refractivity contribution in [1.82, 2.24) is 9.97 Å². The minimum atomic E-state index is -0.450. The van der Waals surface area contributed by atoms with Crippen molar-refractivity contribution >= 4 is 28.9 Å². The lowest BCUT2D eigenvalue weighted by molar-refractivity contribution is 0.631. The lowest BCUT2D eigenvalue weighted by atomic mass is 10.0. The number of aryl methyl sites for hydroxylation is 1. The Hall–Kier alpha value is -2.17. The average molecular weight is 390 g/mol. The van der Waals surface area contributed by atoms with E-state index in [1.165, 1.54) is 6.07 Å². The number of nitrogens with one attached hydrogen (secondary N) is 1. The molecule has 0 aliphatic rings. The number of hydrogen-bond donors (Lipinski definition) is 1. The van der Waals surface area contributed by atoms with Crippen molar-refractivity contribution in [1.29, 1.82) is 0 Å². The van der Waals surface area contributed by atoms with Crippen molar-refractivity contribution in [3.63, 3.8) is 0 Å². The van der Waals surface area contributed by atoms with Crippen molar-refractivity contribution in [2.45, 2.75) is 26.8 Å². The average Bonchev–Trinajstić information content (AvgIpc) is 2.56. The molecule has 0 fully saturated rings.